The molecule has 0 aromatic heterocycles. The Balaban J connectivity index is 1.40. The highest BCUT2D eigenvalue weighted by Crippen LogP contribution is 2.34. The van der Waals surface area contributed by atoms with Gasteiger partial charge in [0.2, 0.25) is 21.8 Å². The second-order valence-corrected chi connectivity index (χ2v) is 10.4. The van der Waals surface area contributed by atoms with E-state index < -0.39 is 15.9 Å². The molecule has 10 heteroatoms. The molecule has 2 saturated heterocycles. The lowest BCUT2D eigenvalue weighted by Crippen LogP contribution is -2.52. The molecule has 2 aromatic rings. The molecule has 0 bridgehead atoms. The Labute approximate surface area is 199 Å². The van der Waals surface area contributed by atoms with Crippen molar-refractivity contribution in [1.82, 2.24) is 9.21 Å². The average molecular weight is 488 g/mol. The van der Waals surface area contributed by atoms with Crippen molar-refractivity contribution in [3.63, 3.8) is 0 Å². The molecule has 0 saturated carbocycles. The van der Waals surface area contributed by atoms with Crippen molar-refractivity contribution in [2.75, 3.05) is 51.8 Å². The molecular formula is C24H29N3O6S. The molecule has 0 aliphatic carbocycles. The Morgan fingerprint density at radius 2 is 1.65 bits per heavy atom. The van der Waals surface area contributed by atoms with Crippen molar-refractivity contribution < 1.29 is 27.5 Å². The fraction of sp³-hybridized carbons (Fsp3) is 0.417. The van der Waals surface area contributed by atoms with E-state index in [2.05, 4.69) is 0 Å². The van der Waals surface area contributed by atoms with Gasteiger partial charge in [0.05, 0.1) is 30.7 Å². The van der Waals surface area contributed by atoms with Crippen molar-refractivity contribution in [3.8, 4) is 11.5 Å². The summed E-state index contributed by atoms with van der Waals surface area (Å²) in [7, 11) is -0.582. The maximum Gasteiger partial charge on any atom is 0.243 e. The normalized spacial score (nSPS) is 19.4. The number of piperazine rings is 1. The number of methoxy groups -OCH3 is 2. The van der Waals surface area contributed by atoms with Crippen molar-refractivity contribution in [2.45, 2.75) is 18.2 Å². The van der Waals surface area contributed by atoms with Gasteiger partial charge in [0, 0.05) is 39.1 Å². The lowest BCUT2D eigenvalue weighted by Gasteiger charge is -2.35. The van der Waals surface area contributed by atoms with E-state index in [0.717, 1.165) is 5.56 Å². The van der Waals surface area contributed by atoms with E-state index in [4.69, 9.17) is 9.47 Å². The predicted molar refractivity (Wildman–Crippen MR) is 127 cm³/mol. The van der Waals surface area contributed by atoms with Crippen LogP contribution in [0, 0.1) is 12.8 Å². The van der Waals surface area contributed by atoms with Gasteiger partial charge in [0.1, 0.15) is 11.5 Å². The Morgan fingerprint density at radius 1 is 0.971 bits per heavy atom. The highest BCUT2D eigenvalue weighted by Gasteiger charge is 2.39. The largest absolute Gasteiger partial charge is 0.497 e. The van der Waals surface area contributed by atoms with Crippen LogP contribution in [0.2, 0.25) is 0 Å². The van der Waals surface area contributed by atoms with E-state index in [1.807, 2.05) is 25.1 Å². The Hall–Kier alpha value is -3.11. The maximum absolute atomic E-state index is 13.2. The standard InChI is InChI=1S/C24H29N3O6S/c1-17-4-9-22(33-3)21(14-17)27-16-18(15-23(27)28)24(29)25-10-12-26(13-11-25)34(30,31)20-7-5-19(32-2)6-8-20/h4-9,14,18H,10-13,15-16H2,1-3H3. The van der Waals surface area contributed by atoms with E-state index in [9.17, 15) is 18.0 Å². The molecule has 9 nitrogen and oxygen atoms in total. The van der Waals surface area contributed by atoms with Crippen LogP contribution in [0.5, 0.6) is 11.5 Å². The van der Waals surface area contributed by atoms with Crippen LogP contribution in [0.1, 0.15) is 12.0 Å². The van der Waals surface area contributed by atoms with Crippen molar-refractivity contribution in [2.24, 2.45) is 5.92 Å². The summed E-state index contributed by atoms with van der Waals surface area (Å²) in [6, 6.07) is 11.9. The second-order valence-electron chi connectivity index (χ2n) is 8.49. The zero-order valence-corrected chi connectivity index (χ0v) is 20.4. The molecule has 2 aliphatic rings. The smallest absolute Gasteiger partial charge is 0.243 e. The fourth-order valence-corrected chi connectivity index (χ4v) is 5.84. The molecule has 182 valence electrons. The summed E-state index contributed by atoms with van der Waals surface area (Å²) < 4.78 is 37.8. The molecule has 34 heavy (non-hydrogen) atoms. The SMILES string of the molecule is COc1ccc(S(=O)(=O)N2CCN(C(=O)C3CC(=O)N(c4cc(C)ccc4OC)C3)CC2)cc1. The third-order valence-corrected chi connectivity index (χ3v) is 8.26. The molecule has 2 heterocycles. The molecular weight excluding hydrogens is 458 g/mol. The topological polar surface area (TPSA) is 96.5 Å². The number of nitrogens with zero attached hydrogens (tertiary/aromatic N) is 3. The first-order chi connectivity index (χ1) is 16.2. The average Bonchev–Trinajstić information content (AvgIpc) is 3.25. The first kappa shape index (κ1) is 24.0. The maximum atomic E-state index is 13.2. The van der Waals surface area contributed by atoms with Gasteiger partial charge < -0.3 is 19.3 Å². The summed E-state index contributed by atoms with van der Waals surface area (Å²) in [6.07, 6.45) is 0.125. The molecule has 2 fully saturated rings. The van der Waals surface area contributed by atoms with Gasteiger partial charge in [-0.15, -0.1) is 0 Å². The Morgan fingerprint density at radius 3 is 2.26 bits per heavy atom. The minimum atomic E-state index is -3.66. The summed E-state index contributed by atoms with van der Waals surface area (Å²) in [6.45, 7) is 3.19. The van der Waals surface area contributed by atoms with Gasteiger partial charge in [-0.25, -0.2) is 8.42 Å². The Bertz CT molecular complexity index is 1170. The highest BCUT2D eigenvalue weighted by molar-refractivity contribution is 7.89. The second kappa shape index (κ2) is 9.63. The summed E-state index contributed by atoms with van der Waals surface area (Å²) in [5.41, 5.74) is 1.66. The van der Waals surface area contributed by atoms with E-state index in [0.29, 0.717) is 17.2 Å². The first-order valence-corrected chi connectivity index (χ1v) is 12.6. The lowest BCUT2D eigenvalue weighted by atomic mass is 10.1. The number of carbonyl (C=O) groups is 2. The minimum absolute atomic E-state index is 0.121. The number of ether oxygens (including phenoxy) is 2. The lowest BCUT2D eigenvalue weighted by molar-refractivity contribution is -0.136. The number of hydrogen-bond donors (Lipinski definition) is 0. The van der Waals surface area contributed by atoms with E-state index >= 15 is 0 Å². The molecule has 2 aromatic carbocycles. The summed E-state index contributed by atoms with van der Waals surface area (Å²) in [5, 5.41) is 0. The van der Waals surface area contributed by atoms with Crippen LogP contribution in [0.3, 0.4) is 0 Å². The Kier molecular flexibility index (Phi) is 6.81. The van der Waals surface area contributed by atoms with E-state index in [1.54, 1.807) is 29.0 Å². The van der Waals surface area contributed by atoms with Gasteiger partial charge in [0.15, 0.2) is 0 Å². The zero-order valence-electron chi connectivity index (χ0n) is 19.6. The van der Waals surface area contributed by atoms with Gasteiger partial charge in [0.25, 0.3) is 0 Å². The molecule has 0 radical (unpaired) electrons. The zero-order chi connectivity index (χ0) is 24.5. The van der Waals surface area contributed by atoms with Gasteiger partial charge in [-0.05, 0) is 48.9 Å². The molecule has 2 amide bonds. The molecule has 1 atom stereocenters. The summed E-state index contributed by atoms with van der Waals surface area (Å²) in [5.74, 6) is 0.455. The minimum Gasteiger partial charge on any atom is -0.497 e. The fourth-order valence-electron chi connectivity index (χ4n) is 4.42. The number of rotatable bonds is 6. The van der Waals surface area contributed by atoms with Crippen LogP contribution in [-0.4, -0.2) is 76.4 Å². The van der Waals surface area contributed by atoms with Gasteiger partial charge in [-0.2, -0.15) is 4.31 Å². The van der Waals surface area contributed by atoms with Gasteiger partial charge in [-0.1, -0.05) is 6.07 Å². The van der Waals surface area contributed by atoms with Crippen LogP contribution in [0.25, 0.3) is 0 Å². The number of carbonyl (C=O) groups excluding carboxylic acids is 2. The monoisotopic (exact) mass is 487 g/mol. The molecule has 0 spiro atoms. The first-order valence-electron chi connectivity index (χ1n) is 11.1. The molecule has 1 unspecified atom stereocenters. The van der Waals surface area contributed by atoms with Crippen LogP contribution in [0.15, 0.2) is 47.4 Å². The third kappa shape index (κ3) is 4.60. The number of anilines is 1. The molecule has 2 aliphatic heterocycles. The van der Waals surface area contributed by atoms with E-state index in [-0.39, 0.29) is 55.9 Å². The number of benzene rings is 2. The highest BCUT2D eigenvalue weighted by atomic mass is 32.2. The van der Waals surface area contributed by atoms with Crippen LogP contribution < -0.4 is 14.4 Å². The number of aryl methyl sites for hydroxylation is 1. The summed E-state index contributed by atoms with van der Waals surface area (Å²) in [4.78, 5) is 29.4. The number of hydrogen-bond acceptors (Lipinski definition) is 6. The van der Waals surface area contributed by atoms with Gasteiger partial charge >= 0.3 is 0 Å². The van der Waals surface area contributed by atoms with Crippen molar-refractivity contribution in [3.05, 3.63) is 48.0 Å². The summed E-state index contributed by atoms with van der Waals surface area (Å²) >= 11 is 0. The number of sulfonamides is 1. The van der Waals surface area contributed by atoms with Crippen molar-refractivity contribution in [1.29, 1.82) is 0 Å². The number of amides is 2. The van der Waals surface area contributed by atoms with Crippen LogP contribution in [0.4, 0.5) is 5.69 Å². The third-order valence-electron chi connectivity index (χ3n) is 6.35. The van der Waals surface area contributed by atoms with Crippen LogP contribution >= 0.6 is 0 Å². The van der Waals surface area contributed by atoms with Crippen LogP contribution in [-0.2, 0) is 19.6 Å². The van der Waals surface area contributed by atoms with E-state index in [1.165, 1.54) is 23.5 Å². The van der Waals surface area contributed by atoms with Gasteiger partial charge in [-0.3, -0.25) is 9.59 Å². The van der Waals surface area contributed by atoms with Crippen molar-refractivity contribution >= 4 is 27.5 Å². The predicted octanol–water partition coefficient (Wildman–Crippen LogP) is 1.90. The molecule has 4 rings (SSSR count). The molecule has 0 N–H and O–H groups in total. The quantitative estimate of drug-likeness (QED) is 0.618.